The molecule has 5 heterocycles. The van der Waals surface area contributed by atoms with Gasteiger partial charge in [-0.1, -0.05) is 46.2 Å². The Kier molecular flexibility index (Phi) is 9.61. The molecule has 1 spiro atoms. The minimum absolute atomic E-state index is 0.0656. The Bertz CT molecular complexity index is 1330. The Morgan fingerprint density at radius 3 is 2.81 bits per heavy atom. The Morgan fingerprint density at radius 1 is 1.19 bits per heavy atom. The van der Waals surface area contributed by atoms with E-state index in [0.717, 1.165) is 50.2 Å². The third kappa shape index (κ3) is 6.02. The van der Waals surface area contributed by atoms with Crippen molar-refractivity contribution in [2.45, 2.75) is 121 Å². The summed E-state index contributed by atoms with van der Waals surface area (Å²) in [5, 5.41) is 3.51. The smallest absolute Gasteiger partial charge is 0.334 e. The van der Waals surface area contributed by atoms with Crippen LogP contribution >= 0.6 is 21.6 Å². The van der Waals surface area contributed by atoms with Crippen molar-refractivity contribution in [2.75, 3.05) is 24.6 Å². The van der Waals surface area contributed by atoms with Gasteiger partial charge in [0.1, 0.15) is 17.3 Å². The molecule has 3 N–H and O–H groups in total. The second kappa shape index (κ2) is 13.3. The summed E-state index contributed by atoms with van der Waals surface area (Å²) in [4.78, 5) is 42.0. The highest BCUT2D eigenvalue weighted by atomic mass is 33.1. The monoisotopic (exact) mass is 687 g/mol. The lowest BCUT2D eigenvalue weighted by Crippen LogP contribution is -2.66. The number of esters is 2. The van der Waals surface area contributed by atoms with E-state index in [9.17, 15) is 14.4 Å². The fourth-order valence-electron chi connectivity index (χ4n) is 10.2. The molecule has 6 fully saturated rings. The minimum Gasteiger partial charge on any atom is -0.462 e. The summed E-state index contributed by atoms with van der Waals surface area (Å²) in [7, 11) is 3.77. The van der Waals surface area contributed by atoms with Crippen molar-refractivity contribution < 1.29 is 28.6 Å². The quantitative estimate of drug-likeness (QED) is 0.182. The third-order valence-electron chi connectivity index (χ3n) is 13.1. The maximum absolute atomic E-state index is 14.0. The summed E-state index contributed by atoms with van der Waals surface area (Å²) in [6, 6.07) is 0.306. The van der Waals surface area contributed by atoms with Gasteiger partial charge in [-0.15, -0.1) is 0 Å². The second-order valence-corrected chi connectivity index (χ2v) is 18.1. The molecule has 12 atom stereocenters. The van der Waals surface area contributed by atoms with Crippen LogP contribution in [0.2, 0.25) is 0 Å². The van der Waals surface area contributed by atoms with E-state index in [1.54, 1.807) is 13.0 Å². The van der Waals surface area contributed by atoms with E-state index in [1.807, 2.05) is 28.5 Å². The number of hydrogen-bond acceptors (Lipinski definition) is 10. The van der Waals surface area contributed by atoms with E-state index in [1.165, 1.54) is 5.57 Å². The van der Waals surface area contributed by atoms with Gasteiger partial charge in [-0.2, -0.15) is 0 Å². The van der Waals surface area contributed by atoms with E-state index in [2.05, 4.69) is 30.1 Å². The van der Waals surface area contributed by atoms with Crippen LogP contribution in [0.25, 0.3) is 0 Å². The second-order valence-electron chi connectivity index (χ2n) is 15.6. The summed E-state index contributed by atoms with van der Waals surface area (Å²) < 4.78 is 20.0. The number of carbonyl (C=O) groups is 3. The van der Waals surface area contributed by atoms with Crippen LogP contribution in [0, 0.1) is 35.5 Å². The zero-order chi connectivity index (χ0) is 33.1. The zero-order valence-corrected chi connectivity index (χ0v) is 30.0. The molecule has 7 rings (SSSR count). The Balaban J connectivity index is 1.30. The number of amides is 1. The van der Waals surface area contributed by atoms with Gasteiger partial charge in [0, 0.05) is 67.8 Å². The number of carbonyl (C=O) groups excluding carboxylic acids is 3. The predicted octanol–water partition coefficient (Wildman–Crippen LogP) is 4.99. The lowest BCUT2D eigenvalue weighted by molar-refractivity contribution is -0.229. The average Bonchev–Trinajstić information content (AvgIpc) is 3.40. The van der Waals surface area contributed by atoms with Crippen LogP contribution < -0.4 is 11.1 Å². The normalized spacial score (nSPS) is 45.4. The van der Waals surface area contributed by atoms with Crippen molar-refractivity contribution in [3.63, 3.8) is 0 Å². The Labute approximate surface area is 287 Å². The summed E-state index contributed by atoms with van der Waals surface area (Å²) in [5.74, 6) is 2.91. The molecule has 2 aliphatic carbocycles. The third-order valence-corrected chi connectivity index (χ3v) is 15.4. The standard InChI is InChI=1S/C36H53N3O6S2/c1-5-20(3)34(42)45-35(4)10-9-23-18-46-47-19-27-21(6-2)17-39(27)31(40)12-25-16-38-30(37)13-26(25)33(23)36(35)15-24-11-22-7-8-32(41)43-28(22)14-29(24)44-36/h5,9,21-22,24-30,33,38H,6-8,10-19,37H2,1-4H3. The van der Waals surface area contributed by atoms with Gasteiger partial charge in [-0.25, -0.2) is 4.79 Å². The molecule has 1 amide bonds. The maximum atomic E-state index is 14.0. The number of fused-ring (bicyclic) bond motifs is 7. The number of nitrogens with one attached hydrogen (secondary N) is 1. The van der Waals surface area contributed by atoms with E-state index in [-0.39, 0.29) is 59.9 Å². The van der Waals surface area contributed by atoms with Crippen LogP contribution in [0.15, 0.2) is 23.3 Å². The first-order chi connectivity index (χ1) is 22.6. The molecule has 7 aliphatic rings. The van der Waals surface area contributed by atoms with Crippen LogP contribution in [-0.2, 0) is 28.6 Å². The topological polar surface area (TPSA) is 120 Å². The summed E-state index contributed by atoms with van der Waals surface area (Å²) in [6.45, 7) is 9.52. The van der Waals surface area contributed by atoms with Crippen LogP contribution in [0.3, 0.4) is 0 Å². The Morgan fingerprint density at radius 2 is 2.02 bits per heavy atom. The Hall–Kier alpha value is -1.53. The lowest BCUT2D eigenvalue weighted by atomic mass is 9.56. The molecule has 47 heavy (non-hydrogen) atoms. The van der Waals surface area contributed by atoms with Crippen LogP contribution in [-0.4, -0.2) is 83.0 Å². The summed E-state index contributed by atoms with van der Waals surface area (Å²) in [5.41, 5.74) is 6.91. The van der Waals surface area contributed by atoms with Crippen molar-refractivity contribution in [3.05, 3.63) is 23.3 Å². The largest absolute Gasteiger partial charge is 0.462 e. The lowest BCUT2D eigenvalue weighted by Gasteiger charge is -2.57. The molecule has 260 valence electrons. The average molecular weight is 688 g/mol. The first-order valence-electron chi connectivity index (χ1n) is 18.0. The molecule has 9 nitrogen and oxygen atoms in total. The van der Waals surface area contributed by atoms with Gasteiger partial charge >= 0.3 is 11.9 Å². The SMILES string of the molecule is CC=C(C)C(=O)OC1(C)CC=C2CSSCC3C(CC)CN3C(=O)CC3CNC(N)CC3C2C12CC1CC3CCC(=O)OC3CC1O2. The van der Waals surface area contributed by atoms with Gasteiger partial charge in [0.05, 0.1) is 12.3 Å². The van der Waals surface area contributed by atoms with Crippen LogP contribution in [0.4, 0.5) is 0 Å². The number of nitrogens with two attached hydrogens (primary N) is 1. The number of piperidine rings is 1. The van der Waals surface area contributed by atoms with E-state index in [0.29, 0.717) is 55.7 Å². The number of allylic oxidation sites excluding steroid dienone is 1. The first-order valence-corrected chi connectivity index (χ1v) is 20.5. The van der Waals surface area contributed by atoms with E-state index >= 15 is 0 Å². The fourth-order valence-corrected chi connectivity index (χ4v) is 12.8. The number of rotatable bonds is 3. The van der Waals surface area contributed by atoms with E-state index in [4.69, 9.17) is 19.9 Å². The molecular formula is C36H53N3O6S2. The highest BCUT2D eigenvalue weighted by Gasteiger charge is 2.68. The molecule has 1 saturated carbocycles. The molecule has 0 aromatic rings. The molecule has 5 aliphatic heterocycles. The first kappa shape index (κ1) is 33.9. The van der Waals surface area contributed by atoms with Crippen molar-refractivity contribution in [3.8, 4) is 0 Å². The molecule has 12 unspecified atom stereocenters. The number of ether oxygens (including phenoxy) is 3. The van der Waals surface area contributed by atoms with Crippen LogP contribution in [0.1, 0.15) is 85.5 Å². The number of hydrogen-bond donors (Lipinski definition) is 2. The predicted molar refractivity (Wildman–Crippen MR) is 184 cm³/mol. The van der Waals surface area contributed by atoms with Crippen molar-refractivity contribution in [1.82, 2.24) is 10.2 Å². The molecule has 5 saturated heterocycles. The molecule has 0 aromatic carbocycles. The minimum atomic E-state index is -0.920. The van der Waals surface area contributed by atoms with Crippen molar-refractivity contribution in [1.29, 1.82) is 0 Å². The molecule has 0 aromatic heterocycles. The summed E-state index contributed by atoms with van der Waals surface area (Å²) >= 11 is 0. The highest BCUT2D eigenvalue weighted by molar-refractivity contribution is 8.76. The van der Waals surface area contributed by atoms with Gasteiger partial charge in [0.15, 0.2) is 0 Å². The molecule has 0 radical (unpaired) electrons. The van der Waals surface area contributed by atoms with Gasteiger partial charge in [-0.3, -0.25) is 9.59 Å². The summed E-state index contributed by atoms with van der Waals surface area (Å²) in [6.07, 6.45) is 10.4. The van der Waals surface area contributed by atoms with Gasteiger partial charge in [0.2, 0.25) is 5.91 Å². The molecular weight excluding hydrogens is 635 g/mol. The number of nitrogens with zero attached hydrogens (tertiary/aromatic N) is 1. The van der Waals surface area contributed by atoms with E-state index < -0.39 is 11.2 Å². The van der Waals surface area contributed by atoms with Gasteiger partial charge in [0.25, 0.3) is 0 Å². The molecule has 0 bridgehead atoms. The van der Waals surface area contributed by atoms with Gasteiger partial charge in [-0.05, 0) is 82.5 Å². The zero-order valence-electron chi connectivity index (χ0n) is 28.4. The van der Waals surface area contributed by atoms with Crippen LogP contribution in [0.5, 0.6) is 0 Å². The highest BCUT2D eigenvalue weighted by Crippen LogP contribution is 2.62. The van der Waals surface area contributed by atoms with Crippen molar-refractivity contribution >= 4 is 39.4 Å². The molecule has 11 heteroatoms. The van der Waals surface area contributed by atoms with Gasteiger partial charge < -0.3 is 30.2 Å². The fraction of sp³-hybridized carbons (Fsp3) is 0.806. The maximum Gasteiger partial charge on any atom is 0.334 e. The van der Waals surface area contributed by atoms with Crippen molar-refractivity contribution in [2.24, 2.45) is 41.2 Å².